The predicted molar refractivity (Wildman–Crippen MR) is 142 cm³/mol. The van der Waals surface area contributed by atoms with E-state index < -0.39 is 0 Å². The summed E-state index contributed by atoms with van der Waals surface area (Å²) in [4.78, 5) is 12.0. The molecule has 0 saturated heterocycles. The monoisotopic (exact) mass is 464 g/mol. The average molecular weight is 465 g/mol. The molecule has 3 rings (SSSR count). The molecule has 0 saturated carbocycles. The van der Waals surface area contributed by atoms with E-state index in [0.717, 1.165) is 35.7 Å². The first-order valence-electron chi connectivity index (χ1n) is 12.9. The molecule has 0 fully saturated rings. The highest BCUT2D eigenvalue weighted by Gasteiger charge is 2.07. The summed E-state index contributed by atoms with van der Waals surface area (Å²) in [6.45, 7) is 5.31. The molecule has 4 heteroatoms. The van der Waals surface area contributed by atoms with Crippen molar-refractivity contribution in [2.45, 2.75) is 90.9 Å². The van der Waals surface area contributed by atoms with E-state index in [1.165, 1.54) is 80.4 Å². The summed E-state index contributed by atoms with van der Waals surface area (Å²) in [6.07, 6.45) is 19.4. The van der Waals surface area contributed by atoms with Crippen LogP contribution < -0.4 is 4.74 Å². The summed E-state index contributed by atoms with van der Waals surface area (Å²) < 4.78 is 5.91. The van der Waals surface area contributed by atoms with E-state index in [0.29, 0.717) is 0 Å². The Hall–Kier alpha value is -2.20. The molecule has 0 atom stereocenters. The van der Waals surface area contributed by atoms with E-state index in [1.54, 1.807) is 0 Å². The van der Waals surface area contributed by atoms with Gasteiger partial charge in [0.25, 0.3) is 0 Å². The van der Waals surface area contributed by atoms with Crippen LogP contribution in [0.5, 0.6) is 5.75 Å². The lowest BCUT2D eigenvalue weighted by atomic mass is 10.1. The van der Waals surface area contributed by atoms with Crippen molar-refractivity contribution < 1.29 is 4.74 Å². The van der Waals surface area contributed by atoms with Gasteiger partial charge in [-0.1, -0.05) is 71.6 Å². The average Bonchev–Trinajstić information content (AvgIpc) is 3.33. The lowest BCUT2D eigenvalue weighted by molar-refractivity contribution is 0.304. The fraction of sp³-hybridized carbons (Fsp3) is 0.517. The normalized spacial score (nSPS) is 11.1. The number of hydrogen-bond acceptors (Lipinski definition) is 4. The number of thiophene rings is 1. The highest BCUT2D eigenvalue weighted by molar-refractivity contribution is 7.15. The maximum atomic E-state index is 5.91. The maximum absolute atomic E-state index is 5.91. The van der Waals surface area contributed by atoms with Gasteiger partial charge in [0, 0.05) is 33.3 Å². The van der Waals surface area contributed by atoms with Crippen LogP contribution in [0.1, 0.15) is 89.4 Å². The minimum absolute atomic E-state index is 0.758. The molecule has 3 aromatic rings. The molecule has 0 aliphatic rings. The van der Waals surface area contributed by atoms with Gasteiger partial charge in [-0.15, -0.1) is 11.3 Å². The van der Waals surface area contributed by atoms with Crippen LogP contribution in [-0.4, -0.2) is 16.6 Å². The summed E-state index contributed by atoms with van der Waals surface area (Å²) in [5, 5.41) is 0. The lowest BCUT2D eigenvalue weighted by Gasteiger charge is -2.07. The third-order valence-corrected chi connectivity index (χ3v) is 7.20. The van der Waals surface area contributed by atoms with E-state index in [9.17, 15) is 0 Å². The predicted octanol–water partition coefficient (Wildman–Crippen LogP) is 9.12. The Morgan fingerprint density at radius 1 is 0.667 bits per heavy atom. The summed E-state index contributed by atoms with van der Waals surface area (Å²) in [6, 6.07) is 12.6. The second-order valence-electron chi connectivity index (χ2n) is 8.87. The van der Waals surface area contributed by atoms with Gasteiger partial charge >= 0.3 is 0 Å². The summed E-state index contributed by atoms with van der Waals surface area (Å²) in [5.74, 6) is 1.68. The topological polar surface area (TPSA) is 35.0 Å². The van der Waals surface area contributed by atoms with Crippen LogP contribution in [0.15, 0.2) is 48.8 Å². The Bertz CT molecular complexity index is 902. The number of hydrogen-bond donors (Lipinski definition) is 0. The molecule has 0 radical (unpaired) electrons. The van der Waals surface area contributed by atoms with Gasteiger partial charge in [0.1, 0.15) is 5.75 Å². The van der Waals surface area contributed by atoms with Crippen LogP contribution in [0.3, 0.4) is 0 Å². The molecule has 0 aliphatic carbocycles. The zero-order valence-corrected chi connectivity index (χ0v) is 21.3. The molecule has 0 bridgehead atoms. The third-order valence-electron chi connectivity index (χ3n) is 6.00. The zero-order chi connectivity index (χ0) is 23.1. The van der Waals surface area contributed by atoms with Crippen LogP contribution in [-0.2, 0) is 6.42 Å². The SMILES string of the molecule is CCCCCCCCCOc1ccc(-c2ncc(-c3ccc(CCCCCC)s3)cn2)cc1. The molecular weight excluding hydrogens is 424 g/mol. The van der Waals surface area contributed by atoms with Crippen LogP contribution in [0, 0.1) is 0 Å². The van der Waals surface area contributed by atoms with Gasteiger partial charge in [-0.2, -0.15) is 0 Å². The van der Waals surface area contributed by atoms with Crippen LogP contribution >= 0.6 is 11.3 Å². The van der Waals surface area contributed by atoms with Crippen LogP contribution in [0.4, 0.5) is 0 Å². The minimum atomic E-state index is 0.758. The Labute approximate surface area is 204 Å². The first kappa shape index (κ1) is 25.4. The van der Waals surface area contributed by atoms with Crippen LogP contribution in [0.2, 0.25) is 0 Å². The number of ether oxygens (including phenoxy) is 1. The summed E-state index contributed by atoms with van der Waals surface area (Å²) in [7, 11) is 0. The number of aryl methyl sites for hydroxylation is 1. The molecule has 0 aliphatic heterocycles. The first-order chi connectivity index (χ1) is 16.3. The second-order valence-corrected chi connectivity index (χ2v) is 10.0. The number of unbranched alkanes of at least 4 members (excludes halogenated alkanes) is 9. The molecule has 0 unspecified atom stereocenters. The number of aromatic nitrogens is 2. The Kier molecular flexibility index (Phi) is 11.4. The molecule has 33 heavy (non-hydrogen) atoms. The van der Waals surface area contributed by atoms with E-state index >= 15 is 0 Å². The van der Waals surface area contributed by atoms with Gasteiger partial charge in [-0.05, 0) is 55.7 Å². The van der Waals surface area contributed by atoms with Gasteiger partial charge in [0.15, 0.2) is 5.82 Å². The number of benzene rings is 1. The maximum Gasteiger partial charge on any atom is 0.159 e. The quantitative estimate of drug-likeness (QED) is 0.198. The van der Waals surface area contributed by atoms with Gasteiger partial charge in [0.05, 0.1) is 6.61 Å². The van der Waals surface area contributed by atoms with Gasteiger partial charge < -0.3 is 4.74 Å². The minimum Gasteiger partial charge on any atom is -0.494 e. The second kappa shape index (κ2) is 14.8. The molecule has 0 N–H and O–H groups in total. The van der Waals surface area contributed by atoms with Gasteiger partial charge in [-0.25, -0.2) is 9.97 Å². The fourth-order valence-electron chi connectivity index (χ4n) is 3.95. The number of nitrogens with zero attached hydrogens (tertiary/aromatic N) is 2. The van der Waals surface area contributed by atoms with Crippen molar-refractivity contribution in [3.63, 3.8) is 0 Å². The smallest absolute Gasteiger partial charge is 0.159 e. The lowest BCUT2D eigenvalue weighted by Crippen LogP contribution is -1.97. The third kappa shape index (κ3) is 8.92. The van der Waals surface area contributed by atoms with Crippen molar-refractivity contribution in [2.75, 3.05) is 6.61 Å². The largest absolute Gasteiger partial charge is 0.494 e. The van der Waals surface area contributed by atoms with E-state index in [2.05, 4.69) is 48.1 Å². The highest BCUT2D eigenvalue weighted by atomic mass is 32.1. The van der Waals surface area contributed by atoms with E-state index in [1.807, 2.05) is 35.9 Å². The zero-order valence-electron chi connectivity index (χ0n) is 20.5. The van der Waals surface area contributed by atoms with Gasteiger partial charge in [-0.3, -0.25) is 0 Å². The highest BCUT2D eigenvalue weighted by Crippen LogP contribution is 2.29. The molecule has 2 aromatic heterocycles. The molecule has 0 amide bonds. The number of rotatable bonds is 16. The molecular formula is C29H40N2OS. The standard InChI is InChI=1S/C29H40N2OS/c1-3-5-7-9-10-11-13-21-32-26-17-15-24(16-18-26)29-30-22-25(23-31-29)28-20-19-27(33-28)14-12-8-6-4-2/h15-20,22-23H,3-14,21H2,1-2H3. The van der Waals surface area contributed by atoms with Crippen molar-refractivity contribution in [1.29, 1.82) is 0 Å². The Balaban J connectivity index is 1.43. The van der Waals surface area contributed by atoms with E-state index in [4.69, 9.17) is 4.74 Å². The molecule has 1 aromatic carbocycles. The first-order valence-corrected chi connectivity index (χ1v) is 13.8. The van der Waals surface area contributed by atoms with Crippen molar-refractivity contribution in [1.82, 2.24) is 9.97 Å². The molecule has 178 valence electrons. The molecule has 3 nitrogen and oxygen atoms in total. The Morgan fingerprint density at radius 3 is 2.00 bits per heavy atom. The molecule has 0 spiro atoms. The molecule has 2 heterocycles. The van der Waals surface area contributed by atoms with Crippen LogP contribution in [0.25, 0.3) is 21.8 Å². The van der Waals surface area contributed by atoms with Gasteiger partial charge in [0.2, 0.25) is 0 Å². The van der Waals surface area contributed by atoms with Crippen molar-refractivity contribution in [3.8, 4) is 27.6 Å². The van der Waals surface area contributed by atoms with Crippen molar-refractivity contribution >= 4 is 11.3 Å². The summed E-state index contributed by atoms with van der Waals surface area (Å²) >= 11 is 1.87. The summed E-state index contributed by atoms with van der Waals surface area (Å²) in [5.41, 5.74) is 2.12. The van der Waals surface area contributed by atoms with E-state index in [-0.39, 0.29) is 0 Å². The fourth-order valence-corrected chi connectivity index (χ4v) is 4.97. The van der Waals surface area contributed by atoms with Crippen molar-refractivity contribution in [3.05, 3.63) is 53.7 Å². The Morgan fingerprint density at radius 2 is 1.30 bits per heavy atom. The van der Waals surface area contributed by atoms with Crippen molar-refractivity contribution in [2.24, 2.45) is 0 Å².